The van der Waals surface area contributed by atoms with Crippen molar-refractivity contribution < 1.29 is 14.3 Å². The van der Waals surface area contributed by atoms with Crippen LogP contribution in [-0.4, -0.2) is 38.2 Å². The molecule has 1 aliphatic rings. The van der Waals surface area contributed by atoms with E-state index in [0.29, 0.717) is 19.4 Å². The second-order valence-electron chi connectivity index (χ2n) is 6.71. The number of hydrogen-bond acceptors (Lipinski definition) is 5. The Kier molecular flexibility index (Phi) is 6.52. The first-order chi connectivity index (χ1) is 13.2. The molecule has 0 saturated carbocycles. The van der Waals surface area contributed by atoms with Gasteiger partial charge < -0.3 is 19.7 Å². The number of benzene rings is 1. The lowest BCUT2D eigenvalue weighted by Crippen LogP contribution is -2.24. The third kappa shape index (κ3) is 5.36. The molecule has 3 rings (SSSR count). The fraction of sp³-hybridized carbons (Fsp3) is 0.429. The Morgan fingerprint density at radius 3 is 2.44 bits per heavy atom. The van der Waals surface area contributed by atoms with Gasteiger partial charge in [-0.3, -0.25) is 4.79 Å². The molecule has 1 aliphatic heterocycles. The summed E-state index contributed by atoms with van der Waals surface area (Å²) in [5.41, 5.74) is 2.09. The quantitative estimate of drug-likeness (QED) is 0.775. The number of carbonyl (C=O) groups is 1. The fourth-order valence-electron chi connectivity index (χ4n) is 3.25. The van der Waals surface area contributed by atoms with E-state index in [4.69, 9.17) is 9.47 Å². The van der Waals surface area contributed by atoms with Gasteiger partial charge in [0.1, 0.15) is 17.3 Å². The monoisotopic (exact) mass is 369 g/mol. The average molecular weight is 369 g/mol. The molecule has 0 radical (unpaired) electrons. The van der Waals surface area contributed by atoms with E-state index in [1.165, 1.54) is 12.8 Å². The number of carbonyl (C=O) groups excluding carboxylic acids is 1. The van der Waals surface area contributed by atoms with Crippen molar-refractivity contribution >= 4 is 11.7 Å². The van der Waals surface area contributed by atoms with Crippen LogP contribution in [0.25, 0.3) is 0 Å². The van der Waals surface area contributed by atoms with Crippen LogP contribution in [0.2, 0.25) is 0 Å². The lowest BCUT2D eigenvalue weighted by Gasteiger charge is -2.17. The Morgan fingerprint density at radius 1 is 1.07 bits per heavy atom. The summed E-state index contributed by atoms with van der Waals surface area (Å²) >= 11 is 0. The minimum Gasteiger partial charge on any atom is -0.497 e. The number of aromatic nitrogens is 1. The van der Waals surface area contributed by atoms with Crippen molar-refractivity contribution in [3.05, 3.63) is 47.7 Å². The van der Waals surface area contributed by atoms with Gasteiger partial charge >= 0.3 is 0 Å². The summed E-state index contributed by atoms with van der Waals surface area (Å²) in [6, 6.07) is 9.71. The topological polar surface area (TPSA) is 63.7 Å². The van der Waals surface area contributed by atoms with Crippen LogP contribution in [0.1, 0.15) is 30.4 Å². The van der Waals surface area contributed by atoms with Gasteiger partial charge in [0.05, 0.1) is 14.2 Å². The number of pyridine rings is 1. The predicted molar refractivity (Wildman–Crippen MR) is 105 cm³/mol. The number of rotatable bonds is 8. The standard InChI is InChI=1S/C21H27N3O3/c1-26-18-11-16(12-19(14-18)27-2)5-6-21(25)23-15-17-7-8-22-20(13-17)24-9-3-4-10-24/h7-8,11-14H,3-6,9-10,15H2,1-2H3,(H,23,25). The van der Waals surface area contributed by atoms with Gasteiger partial charge in [-0.15, -0.1) is 0 Å². The summed E-state index contributed by atoms with van der Waals surface area (Å²) in [5.74, 6) is 2.49. The van der Waals surface area contributed by atoms with Gasteiger partial charge in [-0.25, -0.2) is 4.98 Å². The molecule has 1 saturated heterocycles. The highest BCUT2D eigenvalue weighted by atomic mass is 16.5. The number of methoxy groups -OCH3 is 2. The summed E-state index contributed by atoms with van der Waals surface area (Å²) in [4.78, 5) is 19.0. The molecule has 6 heteroatoms. The van der Waals surface area contributed by atoms with E-state index >= 15 is 0 Å². The molecule has 0 spiro atoms. The van der Waals surface area contributed by atoms with Crippen LogP contribution in [0.15, 0.2) is 36.5 Å². The molecule has 1 fully saturated rings. The third-order valence-electron chi connectivity index (χ3n) is 4.78. The maximum Gasteiger partial charge on any atom is 0.220 e. The lowest BCUT2D eigenvalue weighted by atomic mass is 10.1. The van der Waals surface area contributed by atoms with Gasteiger partial charge in [-0.2, -0.15) is 0 Å². The Hall–Kier alpha value is -2.76. The van der Waals surface area contributed by atoms with Crippen molar-refractivity contribution in [2.75, 3.05) is 32.2 Å². The average Bonchev–Trinajstić information content (AvgIpc) is 3.25. The number of nitrogens with zero attached hydrogens (tertiary/aromatic N) is 2. The predicted octanol–water partition coefficient (Wildman–Crippen LogP) is 2.95. The summed E-state index contributed by atoms with van der Waals surface area (Å²) in [5, 5.41) is 3.00. The van der Waals surface area contributed by atoms with Crippen molar-refractivity contribution in [1.29, 1.82) is 0 Å². The van der Waals surface area contributed by atoms with Crippen LogP contribution in [0.5, 0.6) is 11.5 Å². The number of aryl methyl sites for hydroxylation is 1. The van der Waals surface area contributed by atoms with Crippen LogP contribution >= 0.6 is 0 Å². The largest absolute Gasteiger partial charge is 0.497 e. The van der Waals surface area contributed by atoms with E-state index in [1.54, 1.807) is 14.2 Å². The number of hydrogen-bond donors (Lipinski definition) is 1. The van der Waals surface area contributed by atoms with E-state index in [0.717, 1.165) is 41.5 Å². The maximum absolute atomic E-state index is 12.2. The molecule has 1 aromatic carbocycles. The van der Waals surface area contributed by atoms with Crippen LogP contribution < -0.4 is 19.7 Å². The molecule has 1 amide bonds. The SMILES string of the molecule is COc1cc(CCC(=O)NCc2ccnc(N3CCCC3)c2)cc(OC)c1. The van der Waals surface area contributed by atoms with Crippen molar-refractivity contribution in [3.8, 4) is 11.5 Å². The highest BCUT2D eigenvalue weighted by Gasteiger charge is 2.13. The zero-order chi connectivity index (χ0) is 19.1. The number of ether oxygens (including phenoxy) is 2. The first-order valence-corrected chi connectivity index (χ1v) is 9.36. The second-order valence-corrected chi connectivity index (χ2v) is 6.71. The normalized spacial score (nSPS) is 13.5. The van der Waals surface area contributed by atoms with E-state index in [2.05, 4.69) is 21.3 Å². The highest BCUT2D eigenvalue weighted by molar-refractivity contribution is 5.76. The van der Waals surface area contributed by atoms with Crippen LogP contribution in [0, 0.1) is 0 Å². The van der Waals surface area contributed by atoms with Crippen molar-refractivity contribution in [3.63, 3.8) is 0 Å². The van der Waals surface area contributed by atoms with E-state index < -0.39 is 0 Å². The van der Waals surface area contributed by atoms with Crippen molar-refractivity contribution in [1.82, 2.24) is 10.3 Å². The molecule has 2 heterocycles. The molecule has 1 N–H and O–H groups in total. The Morgan fingerprint density at radius 2 is 1.78 bits per heavy atom. The minimum absolute atomic E-state index is 0.0244. The molecule has 27 heavy (non-hydrogen) atoms. The third-order valence-corrected chi connectivity index (χ3v) is 4.78. The fourth-order valence-corrected chi connectivity index (χ4v) is 3.25. The van der Waals surface area contributed by atoms with E-state index in [1.807, 2.05) is 30.5 Å². The first kappa shape index (κ1) is 19.0. The van der Waals surface area contributed by atoms with Crippen LogP contribution in [0.4, 0.5) is 5.82 Å². The number of amides is 1. The van der Waals surface area contributed by atoms with Crippen molar-refractivity contribution in [2.45, 2.75) is 32.2 Å². The van der Waals surface area contributed by atoms with Gasteiger partial charge in [0.25, 0.3) is 0 Å². The van der Waals surface area contributed by atoms with Gasteiger partial charge in [0.2, 0.25) is 5.91 Å². The summed E-state index contributed by atoms with van der Waals surface area (Å²) < 4.78 is 10.5. The molecule has 0 aliphatic carbocycles. The minimum atomic E-state index is 0.0244. The second kappa shape index (κ2) is 9.26. The summed E-state index contributed by atoms with van der Waals surface area (Å²) in [7, 11) is 3.24. The molecule has 144 valence electrons. The zero-order valence-corrected chi connectivity index (χ0v) is 16.0. The Labute approximate surface area is 160 Å². The van der Waals surface area contributed by atoms with Crippen LogP contribution in [0.3, 0.4) is 0 Å². The van der Waals surface area contributed by atoms with Crippen LogP contribution in [-0.2, 0) is 17.8 Å². The zero-order valence-electron chi connectivity index (χ0n) is 16.0. The molecule has 1 aromatic heterocycles. The molecule has 6 nitrogen and oxygen atoms in total. The van der Waals surface area contributed by atoms with Gasteiger partial charge in [-0.05, 0) is 54.7 Å². The summed E-state index contributed by atoms with van der Waals surface area (Å²) in [6.45, 7) is 2.64. The molecular weight excluding hydrogens is 342 g/mol. The molecule has 0 bridgehead atoms. The Balaban J connectivity index is 1.51. The molecular formula is C21H27N3O3. The lowest BCUT2D eigenvalue weighted by molar-refractivity contribution is -0.121. The maximum atomic E-state index is 12.2. The Bertz CT molecular complexity index is 751. The number of anilines is 1. The van der Waals surface area contributed by atoms with Gasteiger partial charge in [0.15, 0.2) is 0 Å². The first-order valence-electron chi connectivity index (χ1n) is 9.36. The highest BCUT2D eigenvalue weighted by Crippen LogP contribution is 2.23. The number of nitrogens with one attached hydrogen (secondary N) is 1. The van der Waals surface area contributed by atoms with Gasteiger partial charge in [0, 0.05) is 38.3 Å². The van der Waals surface area contributed by atoms with E-state index in [-0.39, 0.29) is 5.91 Å². The summed E-state index contributed by atoms with van der Waals surface area (Å²) in [6.07, 6.45) is 5.31. The van der Waals surface area contributed by atoms with Gasteiger partial charge in [-0.1, -0.05) is 0 Å². The molecule has 2 aromatic rings. The smallest absolute Gasteiger partial charge is 0.220 e. The molecule has 0 atom stereocenters. The van der Waals surface area contributed by atoms with E-state index in [9.17, 15) is 4.79 Å². The molecule has 0 unspecified atom stereocenters. The van der Waals surface area contributed by atoms with Crippen molar-refractivity contribution in [2.24, 2.45) is 0 Å².